The minimum atomic E-state index is -0.141. The lowest BCUT2D eigenvalue weighted by Gasteiger charge is -2.30. The third kappa shape index (κ3) is 5.14. The molecule has 0 unspecified atom stereocenters. The maximum absolute atomic E-state index is 2.51. The lowest BCUT2D eigenvalue weighted by atomic mass is 9.81. The highest BCUT2D eigenvalue weighted by atomic mass is 15.1. The predicted octanol–water partition coefficient (Wildman–Crippen LogP) is 15.8. The molecule has 0 aliphatic heterocycles. The molecule has 1 nitrogen and oxygen atoms in total. The van der Waals surface area contributed by atoms with E-state index < -0.39 is 0 Å². The zero-order valence-corrected chi connectivity index (χ0v) is 34.9. The average Bonchev–Trinajstić information content (AvgIpc) is 3.73. The van der Waals surface area contributed by atoms with Gasteiger partial charge in [-0.2, -0.15) is 0 Å². The van der Waals surface area contributed by atoms with E-state index in [4.69, 9.17) is 0 Å². The first kappa shape index (κ1) is 35.5. The van der Waals surface area contributed by atoms with Gasteiger partial charge in [0.05, 0.1) is 0 Å². The second-order valence-corrected chi connectivity index (χ2v) is 19.2. The van der Waals surface area contributed by atoms with Gasteiger partial charge in [0.1, 0.15) is 0 Å². The molecular formula is C57H53N. The molecule has 7 aromatic rings. The van der Waals surface area contributed by atoms with E-state index in [-0.39, 0.29) is 16.2 Å². The van der Waals surface area contributed by atoms with Crippen LogP contribution in [-0.4, -0.2) is 0 Å². The summed E-state index contributed by atoms with van der Waals surface area (Å²) in [5.41, 5.74) is 24.1. The summed E-state index contributed by atoms with van der Waals surface area (Å²) in [6.07, 6.45) is 6.69. The molecular weight excluding hydrogens is 699 g/mol. The molecule has 0 heterocycles. The summed E-state index contributed by atoms with van der Waals surface area (Å²) >= 11 is 0. The molecule has 0 bridgehead atoms. The van der Waals surface area contributed by atoms with Gasteiger partial charge in [0.25, 0.3) is 0 Å². The van der Waals surface area contributed by atoms with Crippen LogP contribution in [0.25, 0.3) is 44.5 Å². The molecule has 58 heavy (non-hydrogen) atoms. The summed E-state index contributed by atoms with van der Waals surface area (Å²) < 4.78 is 0. The van der Waals surface area contributed by atoms with Crippen LogP contribution in [-0.2, 0) is 16.2 Å². The molecule has 0 saturated heterocycles. The summed E-state index contributed by atoms with van der Waals surface area (Å²) in [6, 6.07) is 56.3. The lowest BCUT2D eigenvalue weighted by Crippen LogP contribution is -2.18. The van der Waals surface area contributed by atoms with Gasteiger partial charge in [-0.05, 0) is 151 Å². The molecule has 1 heteroatoms. The van der Waals surface area contributed by atoms with Crippen molar-refractivity contribution in [1.82, 2.24) is 0 Å². The van der Waals surface area contributed by atoms with Crippen LogP contribution in [0.2, 0.25) is 0 Å². The van der Waals surface area contributed by atoms with Gasteiger partial charge < -0.3 is 4.90 Å². The number of anilines is 3. The van der Waals surface area contributed by atoms with Gasteiger partial charge in [-0.1, -0.05) is 158 Å². The number of hydrogen-bond acceptors (Lipinski definition) is 1. The second kappa shape index (κ2) is 12.7. The molecule has 1 saturated carbocycles. The van der Waals surface area contributed by atoms with E-state index in [1.807, 2.05) is 0 Å². The van der Waals surface area contributed by atoms with Crippen LogP contribution < -0.4 is 4.90 Å². The SMILES string of the molecule is CC1(C)c2ccccc2-c2cc(-c3ccc4c(c3)-c3ccc(N(c5ccc(C6CCCCC6)cc5)c5ccc6c(c5)C(C)(C)c5ccccc5-6)cc3C4(C)C)ccc21. The van der Waals surface area contributed by atoms with Crippen molar-refractivity contribution in [3.63, 3.8) is 0 Å². The zero-order chi connectivity index (χ0) is 39.6. The van der Waals surface area contributed by atoms with Crippen molar-refractivity contribution in [2.75, 3.05) is 4.90 Å². The second-order valence-electron chi connectivity index (χ2n) is 19.2. The normalized spacial score (nSPS) is 17.5. The van der Waals surface area contributed by atoms with Gasteiger partial charge in [-0.25, -0.2) is 0 Å². The van der Waals surface area contributed by atoms with Crippen LogP contribution in [0.4, 0.5) is 17.1 Å². The minimum absolute atomic E-state index is 0.00929. The average molecular weight is 752 g/mol. The van der Waals surface area contributed by atoms with Crippen molar-refractivity contribution >= 4 is 17.1 Å². The number of rotatable bonds is 5. The maximum Gasteiger partial charge on any atom is 0.0465 e. The first-order valence-electron chi connectivity index (χ1n) is 21.7. The molecule has 7 aromatic carbocycles. The van der Waals surface area contributed by atoms with Crippen molar-refractivity contribution in [2.45, 2.75) is 95.8 Å². The highest BCUT2D eigenvalue weighted by Gasteiger charge is 2.39. The van der Waals surface area contributed by atoms with Gasteiger partial charge in [0.2, 0.25) is 0 Å². The van der Waals surface area contributed by atoms with Crippen molar-refractivity contribution < 1.29 is 0 Å². The Kier molecular flexibility index (Phi) is 7.75. The van der Waals surface area contributed by atoms with E-state index in [1.165, 1.54) is 133 Å². The van der Waals surface area contributed by atoms with Crippen molar-refractivity contribution in [2.24, 2.45) is 0 Å². The molecule has 11 rings (SSSR count). The summed E-state index contributed by atoms with van der Waals surface area (Å²) in [7, 11) is 0. The highest BCUT2D eigenvalue weighted by molar-refractivity contribution is 5.91. The van der Waals surface area contributed by atoms with Crippen LogP contribution >= 0.6 is 0 Å². The monoisotopic (exact) mass is 751 g/mol. The quantitative estimate of drug-likeness (QED) is 0.169. The van der Waals surface area contributed by atoms with E-state index in [2.05, 4.69) is 192 Å². The minimum Gasteiger partial charge on any atom is -0.310 e. The Hall–Kier alpha value is -5.66. The first-order chi connectivity index (χ1) is 28.0. The summed E-state index contributed by atoms with van der Waals surface area (Å²) in [4.78, 5) is 2.51. The molecule has 0 amide bonds. The molecule has 0 N–H and O–H groups in total. The molecule has 0 spiro atoms. The van der Waals surface area contributed by atoms with Gasteiger partial charge in [-0.3, -0.25) is 0 Å². The molecule has 4 aliphatic carbocycles. The number of nitrogens with zero attached hydrogens (tertiary/aromatic N) is 1. The van der Waals surface area contributed by atoms with E-state index in [9.17, 15) is 0 Å². The number of benzene rings is 7. The molecule has 1 fully saturated rings. The molecule has 0 atom stereocenters. The van der Waals surface area contributed by atoms with E-state index in [1.54, 1.807) is 0 Å². The molecule has 4 aliphatic rings. The van der Waals surface area contributed by atoms with Crippen molar-refractivity contribution in [3.05, 3.63) is 185 Å². The van der Waals surface area contributed by atoms with Crippen LogP contribution in [0.1, 0.15) is 119 Å². The Labute approximate surface area is 345 Å². The molecule has 286 valence electrons. The van der Waals surface area contributed by atoms with E-state index >= 15 is 0 Å². The van der Waals surface area contributed by atoms with Gasteiger partial charge >= 0.3 is 0 Å². The molecule has 0 aromatic heterocycles. The van der Waals surface area contributed by atoms with Crippen molar-refractivity contribution in [3.8, 4) is 44.5 Å². The third-order valence-electron chi connectivity index (χ3n) is 14.9. The Morgan fingerprint density at radius 3 is 1.31 bits per heavy atom. The van der Waals surface area contributed by atoms with Crippen LogP contribution in [0.5, 0.6) is 0 Å². The van der Waals surface area contributed by atoms with Gasteiger partial charge in [0.15, 0.2) is 0 Å². The number of fused-ring (bicyclic) bond motifs is 9. The Morgan fingerprint density at radius 1 is 0.362 bits per heavy atom. The first-order valence-corrected chi connectivity index (χ1v) is 21.7. The van der Waals surface area contributed by atoms with Gasteiger partial charge in [0, 0.05) is 33.3 Å². The Balaban J connectivity index is 1.01. The van der Waals surface area contributed by atoms with Gasteiger partial charge in [-0.15, -0.1) is 0 Å². The van der Waals surface area contributed by atoms with Crippen LogP contribution in [0.3, 0.4) is 0 Å². The largest absolute Gasteiger partial charge is 0.310 e. The Bertz CT molecular complexity index is 2790. The Morgan fingerprint density at radius 2 is 0.776 bits per heavy atom. The highest BCUT2D eigenvalue weighted by Crippen LogP contribution is 2.55. The van der Waals surface area contributed by atoms with E-state index in [0.717, 1.165) is 0 Å². The maximum atomic E-state index is 2.51. The lowest BCUT2D eigenvalue weighted by molar-refractivity contribution is 0.443. The molecule has 0 radical (unpaired) electrons. The third-order valence-corrected chi connectivity index (χ3v) is 14.9. The van der Waals surface area contributed by atoms with Crippen LogP contribution in [0.15, 0.2) is 146 Å². The zero-order valence-electron chi connectivity index (χ0n) is 34.9. The summed E-state index contributed by atoms with van der Waals surface area (Å²) in [6.45, 7) is 14.3. The topological polar surface area (TPSA) is 3.24 Å². The fraction of sp³-hybridized carbons (Fsp3) is 0.263. The summed E-state index contributed by atoms with van der Waals surface area (Å²) in [5, 5.41) is 0. The fourth-order valence-corrected chi connectivity index (χ4v) is 11.6. The van der Waals surface area contributed by atoms with E-state index in [0.29, 0.717) is 5.92 Å². The fourth-order valence-electron chi connectivity index (χ4n) is 11.6. The van der Waals surface area contributed by atoms with Crippen molar-refractivity contribution in [1.29, 1.82) is 0 Å². The standard InChI is InChI=1S/C57H53N/c1-55(2)50-19-13-11-17-44(50)47-32-38(22-30-51(47)55)39-23-31-52-48(33-39)46-29-27-42(35-54(46)57(52,5)6)58(40-24-20-37(21-25-40)36-14-8-7-9-15-36)41-26-28-45-43-16-10-12-18-49(43)56(3,4)53(45)34-41/h10-13,16-36H,7-9,14-15H2,1-6H3. The smallest absolute Gasteiger partial charge is 0.0465 e. The predicted molar refractivity (Wildman–Crippen MR) is 245 cm³/mol. The summed E-state index contributed by atoms with van der Waals surface area (Å²) in [5.74, 6) is 0.680. The van der Waals surface area contributed by atoms with Crippen LogP contribution in [0, 0.1) is 0 Å². The number of hydrogen-bond donors (Lipinski definition) is 0.